The smallest absolute Gasteiger partial charge is 0.307 e. The van der Waals surface area contributed by atoms with Crippen molar-refractivity contribution in [3.63, 3.8) is 0 Å². The lowest BCUT2D eigenvalue weighted by Crippen LogP contribution is -2.06. The summed E-state index contributed by atoms with van der Waals surface area (Å²) in [5.41, 5.74) is 3.59. The minimum atomic E-state index is -0.829. The first-order valence-corrected chi connectivity index (χ1v) is 5.71. The molecule has 0 bridgehead atoms. The first-order chi connectivity index (χ1) is 8.58. The third kappa shape index (κ3) is 2.56. The fourth-order valence-corrected chi connectivity index (χ4v) is 1.96. The van der Waals surface area contributed by atoms with Gasteiger partial charge in [0.05, 0.1) is 18.7 Å². The predicted octanol–water partition coefficient (Wildman–Crippen LogP) is 1.57. The Morgan fingerprint density at radius 2 is 2.00 bits per heavy atom. The van der Waals surface area contributed by atoms with Crippen molar-refractivity contribution >= 4 is 5.97 Å². The van der Waals surface area contributed by atoms with Crippen molar-refractivity contribution in [1.29, 1.82) is 0 Å². The molecule has 2 aromatic heterocycles. The van der Waals surface area contributed by atoms with Gasteiger partial charge in [0.1, 0.15) is 0 Å². The lowest BCUT2D eigenvalue weighted by Gasteiger charge is -2.04. The monoisotopic (exact) mass is 245 g/mol. The number of hydrogen-bond acceptors (Lipinski definition) is 3. The number of pyridine rings is 1. The Bertz CT molecular complexity index is 561. The van der Waals surface area contributed by atoms with Crippen LogP contribution in [0.25, 0.3) is 0 Å². The van der Waals surface area contributed by atoms with Crippen molar-refractivity contribution < 1.29 is 9.90 Å². The van der Waals surface area contributed by atoms with Crippen LogP contribution in [0.5, 0.6) is 0 Å². The van der Waals surface area contributed by atoms with Crippen molar-refractivity contribution in [2.45, 2.75) is 26.8 Å². The second-order valence-corrected chi connectivity index (χ2v) is 4.23. The van der Waals surface area contributed by atoms with E-state index in [0.717, 1.165) is 22.5 Å². The summed E-state index contributed by atoms with van der Waals surface area (Å²) in [6.45, 7) is 4.38. The Hall–Kier alpha value is -2.17. The normalized spacial score (nSPS) is 10.6. The van der Waals surface area contributed by atoms with Crippen LogP contribution in [-0.2, 0) is 17.8 Å². The Morgan fingerprint density at radius 1 is 1.33 bits per heavy atom. The molecule has 2 aromatic rings. The van der Waals surface area contributed by atoms with Crippen LogP contribution in [0, 0.1) is 13.8 Å². The second kappa shape index (κ2) is 5.00. The molecule has 0 spiro atoms. The minimum absolute atomic E-state index is 0.0218. The van der Waals surface area contributed by atoms with Gasteiger partial charge in [-0.3, -0.25) is 14.5 Å². The maximum absolute atomic E-state index is 10.8. The number of carbonyl (C=O) groups is 1. The van der Waals surface area contributed by atoms with Gasteiger partial charge in [0.2, 0.25) is 0 Å². The second-order valence-electron chi connectivity index (χ2n) is 4.23. The van der Waals surface area contributed by atoms with Crippen LogP contribution in [0.2, 0.25) is 0 Å². The average molecular weight is 245 g/mol. The minimum Gasteiger partial charge on any atom is -0.481 e. The molecular formula is C13H15N3O2. The van der Waals surface area contributed by atoms with E-state index in [1.54, 1.807) is 12.4 Å². The van der Waals surface area contributed by atoms with Gasteiger partial charge in [-0.1, -0.05) is 0 Å². The summed E-state index contributed by atoms with van der Waals surface area (Å²) in [6, 6.07) is 3.85. The maximum atomic E-state index is 10.8. The number of aliphatic carboxylic acids is 1. The van der Waals surface area contributed by atoms with Gasteiger partial charge in [-0.15, -0.1) is 0 Å². The summed E-state index contributed by atoms with van der Waals surface area (Å²) in [7, 11) is 0. The van der Waals surface area contributed by atoms with Gasteiger partial charge in [-0.25, -0.2) is 0 Å². The highest BCUT2D eigenvalue weighted by atomic mass is 16.4. The third-order valence-corrected chi connectivity index (χ3v) is 2.94. The summed E-state index contributed by atoms with van der Waals surface area (Å²) in [5, 5.41) is 13.3. The molecule has 0 saturated carbocycles. The van der Waals surface area contributed by atoms with E-state index in [-0.39, 0.29) is 6.42 Å². The van der Waals surface area contributed by atoms with Crippen molar-refractivity contribution in [2.24, 2.45) is 0 Å². The standard InChI is InChI=1S/C13H15N3O2/c1-9-12(7-13(17)18)10(2)16(15-9)8-11-3-5-14-6-4-11/h3-6H,7-8H2,1-2H3,(H,17,18). The molecule has 2 heterocycles. The van der Waals surface area contributed by atoms with E-state index in [0.29, 0.717) is 6.54 Å². The maximum Gasteiger partial charge on any atom is 0.307 e. The molecule has 0 atom stereocenters. The van der Waals surface area contributed by atoms with Crippen LogP contribution in [0.15, 0.2) is 24.5 Å². The highest BCUT2D eigenvalue weighted by molar-refractivity contribution is 5.70. The molecule has 0 aromatic carbocycles. The fourth-order valence-electron chi connectivity index (χ4n) is 1.96. The lowest BCUT2D eigenvalue weighted by atomic mass is 10.1. The molecule has 0 amide bonds. The van der Waals surface area contributed by atoms with Crippen molar-refractivity contribution in [3.8, 4) is 0 Å². The van der Waals surface area contributed by atoms with Gasteiger partial charge >= 0.3 is 5.97 Å². The van der Waals surface area contributed by atoms with Gasteiger partial charge in [-0.2, -0.15) is 5.10 Å². The predicted molar refractivity (Wildman–Crippen MR) is 66.4 cm³/mol. The fraction of sp³-hybridized carbons (Fsp3) is 0.308. The largest absolute Gasteiger partial charge is 0.481 e. The molecule has 0 fully saturated rings. The molecule has 0 saturated heterocycles. The molecule has 0 aliphatic rings. The topological polar surface area (TPSA) is 68.0 Å². The van der Waals surface area contributed by atoms with Crippen LogP contribution in [0.1, 0.15) is 22.5 Å². The van der Waals surface area contributed by atoms with E-state index < -0.39 is 5.97 Å². The molecular weight excluding hydrogens is 230 g/mol. The molecule has 0 aliphatic heterocycles. The van der Waals surface area contributed by atoms with Gasteiger partial charge in [0.15, 0.2) is 0 Å². The van der Waals surface area contributed by atoms with Gasteiger partial charge in [0.25, 0.3) is 0 Å². The van der Waals surface area contributed by atoms with Crippen LogP contribution >= 0.6 is 0 Å². The highest BCUT2D eigenvalue weighted by Crippen LogP contribution is 2.15. The van der Waals surface area contributed by atoms with Gasteiger partial charge in [-0.05, 0) is 31.5 Å². The number of carboxylic acids is 1. The summed E-state index contributed by atoms with van der Waals surface area (Å²) in [4.78, 5) is 14.8. The summed E-state index contributed by atoms with van der Waals surface area (Å²) < 4.78 is 1.84. The van der Waals surface area contributed by atoms with E-state index in [2.05, 4.69) is 10.1 Å². The molecule has 0 aliphatic carbocycles. The molecule has 0 radical (unpaired) electrons. The SMILES string of the molecule is Cc1nn(Cc2ccncc2)c(C)c1CC(=O)O. The molecule has 0 unspecified atom stereocenters. The van der Waals surface area contributed by atoms with Crippen LogP contribution < -0.4 is 0 Å². The Balaban J connectivity index is 2.27. The van der Waals surface area contributed by atoms with E-state index in [1.165, 1.54) is 0 Å². The van der Waals surface area contributed by atoms with E-state index in [4.69, 9.17) is 5.11 Å². The number of aryl methyl sites for hydroxylation is 1. The number of hydrogen-bond donors (Lipinski definition) is 1. The Labute approximate surface area is 105 Å². The Morgan fingerprint density at radius 3 is 2.61 bits per heavy atom. The molecule has 18 heavy (non-hydrogen) atoms. The summed E-state index contributed by atoms with van der Waals surface area (Å²) in [6.07, 6.45) is 3.49. The molecule has 5 nitrogen and oxygen atoms in total. The van der Waals surface area contributed by atoms with Crippen molar-refractivity contribution in [2.75, 3.05) is 0 Å². The van der Waals surface area contributed by atoms with Crippen LogP contribution in [0.4, 0.5) is 0 Å². The number of aromatic nitrogens is 3. The number of carboxylic acid groups (broad SMARTS) is 1. The first kappa shape index (κ1) is 12.3. The Kier molecular flexibility index (Phi) is 3.41. The summed E-state index contributed by atoms with van der Waals surface area (Å²) >= 11 is 0. The summed E-state index contributed by atoms with van der Waals surface area (Å²) in [5.74, 6) is -0.829. The van der Waals surface area contributed by atoms with E-state index in [9.17, 15) is 4.79 Å². The molecule has 94 valence electrons. The van der Waals surface area contributed by atoms with Gasteiger partial charge in [0, 0.05) is 23.7 Å². The van der Waals surface area contributed by atoms with E-state index in [1.807, 2.05) is 30.7 Å². The average Bonchev–Trinajstić information content (AvgIpc) is 2.58. The van der Waals surface area contributed by atoms with Crippen LogP contribution in [0.3, 0.4) is 0 Å². The zero-order valence-electron chi connectivity index (χ0n) is 10.4. The zero-order chi connectivity index (χ0) is 13.1. The number of rotatable bonds is 4. The lowest BCUT2D eigenvalue weighted by molar-refractivity contribution is -0.136. The molecule has 5 heteroatoms. The molecule has 2 rings (SSSR count). The molecule has 1 N–H and O–H groups in total. The van der Waals surface area contributed by atoms with Crippen LogP contribution in [-0.4, -0.2) is 25.8 Å². The first-order valence-electron chi connectivity index (χ1n) is 5.71. The van der Waals surface area contributed by atoms with Gasteiger partial charge < -0.3 is 5.11 Å². The zero-order valence-corrected chi connectivity index (χ0v) is 10.4. The highest BCUT2D eigenvalue weighted by Gasteiger charge is 2.14. The number of nitrogens with zero attached hydrogens (tertiary/aromatic N) is 3. The third-order valence-electron chi connectivity index (χ3n) is 2.94. The van der Waals surface area contributed by atoms with Crippen molar-refractivity contribution in [3.05, 3.63) is 47.0 Å². The van der Waals surface area contributed by atoms with E-state index >= 15 is 0 Å². The van der Waals surface area contributed by atoms with Crippen molar-refractivity contribution in [1.82, 2.24) is 14.8 Å². The quantitative estimate of drug-likeness (QED) is 0.887.